The van der Waals surface area contributed by atoms with Crippen LogP contribution in [-0.4, -0.2) is 30.2 Å². The number of rotatable bonds is 6. The lowest BCUT2D eigenvalue weighted by Crippen LogP contribution is -2.40. The van der Waals surface area contributed by atoms with E-state index in [0.717, 1.165) is 16.3 Å². The highest BCUT2D eigenvalue weighted by Gasteiger charge is 2.34. The van der Waals surface area contributed by atoms with Crippen molar-refractivity contribution >= 4 is 40.1 Å². The van der Waals surface area contributed by atoms with E-state index in [1.165, 1.54) is 18.4 Å². The molecule has 42 heavy (non-hydrogen) atoms. The van der Waals surface area contributed by atoms with Gasteiger partial charge in [0.15, 0.2) is 4.80 Å². The Labute approximate surface area is 244 Å². The lowest BCUT2D eigenvalue weighted by molar-refractivity contribution is -0.139. The number of methoxy groups -OCH3 is 1. The van der Waals surface area contributed by atoms with Crippen LogP contribution < -0.4 is 14.9 Å². The Balaban J connectivity index is 1.51. The van der Waals surface area contributed by atoms with Gasteiger partial charge < -0.3 is 13.9 Å². The number of carbonyl (C=O) groups is 2. The Bertz CT molecular complexity index is 2080. The van der Waals surface area contributed by atoms with Crippen molar-refractivity contribution in [2.75, 3.05) is 13.7 Å². The van der Waals surface area contributed by atoms with Gasteiger partial charge in [0.2, 0.25) is 0 Å². The van der Waals surface area contributed by atoms with Gasteiger partial charge in [-0.2, -0.15) is 0 Å². The molecule has 2 aromatic heterocycles. The first-order valence-corrected chi connectivity index (χ1v) is 14.2. The second-order valence-electron chi connectivity index (χ2n) is 9.61. The van der Waals surface area contributed by atoms with E-state index < -0.39 is 18.0 Å². The minimum absolute atomic E-state index is 0.197. The summed E-state index contributed by atoms with van der Waals surface area (Å²) in [7, 11) is 1.33. The molecule has 1 aliphatic rings. The number of benzene rings is 3. The van der Waals surface area contributed by atoms with Crippen molar-refractivity contribution in [3.05, 3.63) is 127 Å². The number of furan rings is 1. The fourth-order valence-corrected chi connectivity index (χ4v) is 6.29. The summed E-state index contributed by atoms with van der Waals surface area (Å²) in [6, 6.07) is 23.4. The molecule has 0 saturated heterocycles. The third-order valence-corrected chi connectivity index (χ3v) is 8.12. The zero-order valence-corrected chi connectivity index (χ0v) is 23.9. The fraction of sp³-hybridized carbons (Fsp3) is 0.152. The van der Waals surface area contributed by atoms with Gasteiger partial charge in [-0.3, -0.25) is 9.36 Å². The third-order valence-electron chi connectivity index (χ3n) is 7.13. The van der Waals surface area contributed by atoms with Crippen molar-refractivity contribution in [3.8, 4) is 11.3 Å². The van der Waals surface area contributed by atoms with E-state index >= 15 is 0 Å². The molecular weight excluding hydrogens is 552 g/mol. The largest absolute Gasteiger partial charge is 0.465 e. The monoisotopic (exact) mass is 578 g/mol. The summed E-state index contributed by atoms with van der Waals surface area (Å²) in [6.45, 7) is 3.71. The Morgan fingerprint density at radius 3 is 2.57 bits per heavy atom. The minimum atomic E-state index is -0.729. The van der Waals surface area contributed by atoms with E-state index in [-0.39, 0.29) is 12.2 Å². The maximum absolute atomic E-state index is 14.0. The van der Waals surface area contributed by atoms with Crippen LogP contribution in [0.4, 0.5) is 0 Å². The summed E-state index contributed by atoms with van der Waals surface area (Å²) >= 11 is 1.22. The SMILES string of the molecule is CCOC(=O)C1=C(C)N=c2s/c(=C/c3ccc(-c4ccccc4C(=O)OC)o3)c(=O)n2[C@H]1c1cccc2ccccc12. The maximum atomic E-state index is 14.0. The average Bonchev–Trinajstić information content (AvgIpc) is 3.59. The van der Waals surface area contributed by atoms with Crippen LogP contribution in [0, 0.1) is 0 Å². The second kappa shape index (κ2) is 11.1. The average molecular weight is 579 g/mol. The van der Waals surface area contributed by atoms with Gasteiger partial charge in [0.1, 0.15) is 11.5 Å². The zero-order valence-electron chi connectivity index (χ0n) is 23.1. The number of nitrogens with zero attached hydrogens (tertiary/aromatic N) is 2. The molecule has 210 valence electrons. The number of allylic oxidation sites excluding steroid dienone is 1. The molecule has 0 saturated carbocycles. The molecule has 8 nitrogen and oxygen atoms in total. The predicted molar refractivity (Wildman–Crippen MR) is 160 cm³/mol. The Kier molecular flexibility index (Phi) is 7.18. The molecule has 3 heterocycles. The molecule has 3 aromatic carbocycles. The van der Waals surface area contributed by atoms with E-state index in [9.17, 15) is 14.4 Å². The van der Waals surface area contributed by atoms with Crippen LogP contribution >= 0.6 is 11.3 Å². The van der Waals surface area contributed by atoms with Crippen LogP contribution in [0.2, 0.25) is 0 Å². The van der Waals surface area contributed by atoms with Crippen LogP contribution in [0.25, 0.3) is 28.2 Å². The van der Waals surface area contributed by atoms with E-state index in [4.69, 9.17) is 13.9 Å². The summed E-state index contributed by atoms with van der Waals surface area (Å²) in [4.78, 5) is 44.7. The van der Waals surface area contributed by atoms with Crippen molar-refractivity contribution in [3.63, 3.8) is 0 Å². The number of esters is 2. The number of aromatic nitrogens is 1. The van der Waals surface area contributed by atoms with Gasteiger partial charge in [0.05, 0.1) is 41.1 Å². The molecule has 0 unspecified atom stereocenters. The summed E-state index contributed by atoms with van der Waals surface area (Å²) in [5.74, 6) is -0.0916. The number of hydrogen-bond acceptors (Lipinski definition) is 8. The van der Waals surface area contributed by atoms with Crippen LogP contribution in [0.3, 0.4) is 0 Å². The second-order valence-corrected chi connectivity index (χ2v) is 10.6. The first-order valence-electron chi connectivity index (χ1n) is 13.4. The summed E-state index contributed by atoms with van der Waals surface area (Å²) in [5.41, 5.74) is 2.27. The molecular formula is C33H26N2O6S. The maximum Gasteiger partial charge on any atom is 0.338 e. The Morgan fingerprint density at radius 1 is 1.00 bits per heavy atom. The Hall–Kier alpha value is -5.02. The lowest BCUT2D eigenvalue weighted by Gasteiger charge is -2.25. The molecule has 0 radical (unpaired) electrons. The summed E-state index contributed by atoms with van der Waals surface area (Å²) < 4.78 is 18.3. The number of ether oxygens (including phenoxy) is 2. The number of hydrogen-bond donors (Lipinski definition) is 0. The first kappa shape index (κ1) is 27.2. The number of fused-ring (bicyclic) bond motifs is 2. The van der Waals surface area contributed by atoms with Gasteiger partial charge in [-0.25, -0.2) is 14.6 Å². The van der Waals surface area contributed by atoms with Crippen molar-refractivity contribution in [1.82, 2.24) is 4.57 Å². The van der Waals surface area contributed by atoms with Crippen molar-refractivity contribution in [2.45, 2.75) is 19.9 Å². The highest BCUT2D eigenvalue weighted by molar-refractivity contribution is 7.07. The van der Waals surface area contributed by atoms with Gasteiger partial charge >= 0.3 is 11.9 Å². The lowest BCUT2D eigenvalue weighted by atomic mass is 9.91. The van der Waals surface area contributed by atoms with Crippen LogP contribution in [0.15, 0.2) is 104 Å². The van der Waals surface area contributed by atoms with Crippen LogP contribution in [0.5, 0.6) is 0 Å². The zero-order chi connectivity index (χ0) is 29.4. The summed E-state index contributed by atoms with van der Waals surface area (Å²) in [6.07, 6.45) is 1.65. The molecule has 9 heteroatoms. The molecule has 5 aromatic rings. The predicted octanol–water partition coefficient (Wildman–Crippen LogP) is 5.00. The molecule has 0 amide bonds. The number of carbonyl (C=O) groups excluding carboxylic acids is 2. The standard InChI is InChI=1S/C33H26N2O6S/c1-4-40-32(38)28-19(2)34-33-35(29(28)24-15-9-11-20-10-5-6-12-22(20)24)30(36)27(42-33)18-21-16-17-26(41-21)23-13-7-8-14-25(23)31(37)39-3/h5-18,29H,4H2,1-3H3/b27-18+/t29-/m0/s1. The highest BCUT2D eigenvalue weighted by Crippen LogP contribution is 2.35. The quantitative estimate of drug-likeness (QED) is 0.263. The molecule has 1 atom stereocenters. The Morgan fingerprint density at radius 2 is 1.76 bits per heavy atom. The first-order chi connectivity index (χ1) is 20.4. The van der Waals surface area contributed by atoms with Crippen molar-refractivity contribution in [2.24, 2.45) is 4.99 Å². The van der Waals surface area contributed by atoms with Crippen molar-refractivity contribution < 1.29 is 23.5 Å². The smallest absolute Gasteiger partial charge is 0.338 e. The molecule has 1 aliphatic heterocycles. The molecule has 0 fully saturated rings. The van der Waals surface area contributed by atoms with Gasteiger partial charge in [0, 0.05) is 11.6 Å². The molecule has 0 spiro atoms. The van der Waals surface area contributed by atoms with E-state index in [1.807, 2.05) is 42.5 Å². The van der Waals surface area contributed by atoms with Gasteiger partial charge in [-0.1, -0.05) is 72.0 Å². The van der Waals surface area contributed by atoms with Gasteiger partial charge in [0.25, 0.3) is 5.56 Å². The van der Waals surface area contributed by atoms with E-state index in [1.54, 1.807) is 60.9 Å². The van der Waals surface area contributed by atoms with Gasteiger partial charge in [-0.15, -0.1) is 0 Å². The minimum Gasteiger partial charge on any atom is -0.465 e. The van der Waals surface area contributed by atoms with Gasteiger partial charge in [-0.05, 0) is 48.4 Å². The number of thiazole rings is 1. The van der Waals surface area contributed by atoms with E-state index in [0.29, 0.717) is 43.3 Å². The normalized spacial score (nSPS) is 14.9. The summed E-state index contributed by atoms with van der Waals surface area (Å²) in [5, 5.41) is 1.92. The van der Waals surface area contributed by atoms with Crippen LogP contribution in [-0.2, 0) is 14.3 Å². The topological polar surface area (TPSA) is 100 Å². The molecule has 0 bridgehead atoms. The van der Waals surface area contributed by atoms with Crippen LogP contribution in [0.1, 0.15) is 41.6 Å². The third kappa shape index (κ3) is 4.67. The highest BCUT2D eigenvalue weighted by atomic mass is 32.1. The van der Waals surface area contributed by atoms with E-state index in [2.05, 4.69) is 4.99 Å². The molecule has 0 aliphatic carbocycles. The van der Waals surface area contributed by atoms with Crippen molar-refractivity contribution in [1.29, 1.82) is 0 Å². The molecule has 6 rings (SSSR count). The fourth-order valence-electron chi connectivity index (χ4n) is 5.26. The molecule has 0 N–H and O–H groups in total.